The fourth-order valence-electron chi connectivity index (χ4n) is 3.54. The average molecular weight is 467 g/mol. The summed E-state index contributed by atoms with van der Waals surface area (Å²) in [7, 11) is -4.36. The third-order valence-electron chi connectivity index (χ3n) is 4.96. The van der Waals surface area contributed by atoms with Crippen LogP contribution in [0.15, 0.2) is 47.4 Å². The smallest absolute Gasteiger partial charge is 0.303 e. The van der Waals surface area contributed by atoms with E-state index in [0.29, 0.717) is 18.1 Å². The third-order valence-corrected chi connectivity index (χ3v) is 6.32. The van der Waals surface area contributed by atoms with Crippen LogP contribution >= 0.6 is 12.4 Å². The van der Waals surface area contributed by atoms with Gasteiger partial charge in [-0.15, -0.1) is 12.4 Å². The molecule has 10 heteroatoms. The standard InChI is InChI=1S/C20H22F4N2O2S.ClH/c1-2-8-26-9-7-15(13-26)14-3-5-18(6-4-14)25-29(27,28)19-11-16(20(22,23)24)10-17(21)12-19;/h3-6,10-12,15,25H,2,7-9,13H2,1H3;1H. The van der Waals surface area contributed by atoms with Crippen molar-refractivity contribution in [3.05, 3.63) is 59.4 Å². The van der Waals surface area contributed by atoms with Gasteiger partial charge < -0.3 is 4.90 Å². The molecule has 0 aromatic heterocycles. The number of nitrogens with zero attached hydrogens (tertiary/aromatic N) is 1. The quantitative estimate of drug-likeness (QED) is 0.590. The minimum absolute atomic E-state index is 0. The van der Waals surface area contributed by atoms with Crippen molar-refractivity contribution in [3.63, 3.8) is 0 Å². The minimum atomic E-state index is -4.85. The Labute approximate surface area is 179 Å². The van der Waals surface area contributed by atoms with Crippen molar-refractivity contribution in [1.82, 2.24) is 4.90 Å². The van der Waals surface area contributed by atoms with Crippen LogP contribution in [0.25, 0.3) is 0 Å². The number of hydrogen-bond acceptors (Lipinski definition) is 3. The van der Waals surface area contributed by atoms with Crippen LogP contribution in [0.3, 0.4) is 0 Å². The van der Waals surface area contributed by atoms with Gasteiger partial charge in [0.15, 0.2) is 0 Å². The van der Waals surface area contributed by atoms with Crippen LogP contribution in [0.1, 0.15) is 36.8 Å². The van der Waals surface area contributed by atoms with Crippen molar-refractivity contribution in [2.45, 2.75) is 36.8 Å². The molecule has 1 N–H and O–H groups in total. The molecule has 1 unspecified atom stereocenters. The van der Waals surface area contributed by atoms with Crippen LogP contribution in [-0.2, 0) is 16.2 Å². The van der Waals surface area contributed by atoms with Gasteiger partial charge >= 0.3 is 6.18 Å². The SMILES string of the molecule is CCCN1CCC(c2ccc(NS(=O)(=O)c3cc(F)cc(C(F)(F)F)c3)cc2)C1.Cl. The summed E-state index contributed by atoms with van der Waals surface area (Å²) in [5, 5.41) is 0. The molecule has 166 valence electrons. The molecule has 0 radical (unpaired) electrons. The first-order valence-electron chi connectivity index (χ1n) is 9.31. The summed E-state index contributed by atoms with van der Waals surface area (Å²) < 4.78 is 79.2. The van der Waals surface area contributed by atoms with Crippen LogP contribution in [0, 0.1) is 5.82 Å². The van der Waals surface area contributed by atoms with Gasteiger partial charge in [-0.3, -0.25) is 4.72 Å². The molecule has 30 heavy (non-hydrogen) atoms. The Balaban J connectivity index is 0.00000320. The summed E-state index contributed by atoms with van der Waals surface area (Å²) in [6.45, 7) is 5.14. The van der Waals surface area contributed by atoms with Crippen molar-refractivity contribution in [2.75, 3.05) is 24.4 Å². The van der Waals surface area contributed by atoms with Crippen LogP contribution in [0.5, 0.6) is 0 Å². The Bertz CT molecular complexity index is 966. The molecule has 2 aromatic carbocycles. The Morgan fingerprint density at radius 1 is 1.13 bits per heavy atom. The van der Waals surface area contributed by atoms with E-state index in [4.69, 9.17) is 0 Å². The summed E-state index contributed by atoms with van der Waals surface area (Å²) in [5.74, 6) is -0.904. The number of alkyl halides is 3. The van der Waals surface area contributed by atoms with Gasteiger partial charge in [-0.25, -0.2) is 12.8 Å². The van der Waals surface area contributed by atoms with Crippen molar-refractivity contribution >= 4 is 28.1 Å². The lowest BCUT2D eigenvalue weighted by atomic mass is 9.98. The number of anilines is 1. The maximum Gasteiger partial charge on any atom is 0.416 e. The first-order chi connectivity index (χ1) is 13.6. The zero-order valence-electron chi connectivity index (χ0n) is 16.2. The largest absolute Gasteiger partial charge is 0.416 e. The Hall–Kier alpha value is -1.84. The third kappa shape index (κ3) is 5.86. The highest BCUT2D eigenvalue weighted by Gasteiger charge is 2.33. The van der Waals surface area contributed by atoms with E-state index in [1.807, 2.05) is 12.1 Å². The highest BCUT2D eigenvalue weighted by molar-refractivity contribution is 7.92. The fourth-order valence-corrected chi connectivity index (χ4v) is 4.66. The number of benzene rings is 2. The normalized spacial score (nSPS) is 17.6. The number of sulfonamides is 1. The number of halogens is 5. The summed E-state index contributed by atoms with van der Waals surface area (Å²) in [4.78, 5) is 1.60. The molecule has 0 spiro atoms. The minimum Gasteiger partial charge on any atom is -0.303 e. The lowest BCUT2D eigenvalue weighted by molar-refractivity contribution is -0.137. The molecule has 0 bridgehead atoms. The molecule has 3 rings (SSSR count). The van der Waals surface area contributed by atoms with Crippen LogP contribution in [0.4, 0.5) is 23.2 Å². The van der Waals surface area contributed by atoms with E-state index in [1.165, 1.54) is 0 Å². The zero-order valence-corrected chi connectivity index (χ0v) is 17.9. The van der Waals surface area contributed by atoms with Gasteiger partial charge in [0.25, 0.3) is 10.0 Å². The highest BCUT2D eigenvalue weighted by atomic mass is 35.5. The molecular formula is C20H23ClF4N2O2S. The van der Waals surface area contributed by atoms with E-state index in [2.05, 4.69) is 16.5 Å². The molecule has 1 atom stereocenters. The second kappa shape index (κ2) is 9.53. The van der Waals surface area contributed by atoms with Gasteiger partial charge in [-0.2, -0.15) is 13.2 Å². The van der Waals surface area contributed by atoms with Gasteiger partial charge in [0.2, 0.25) is 0 Å². The topological polar surface area (TPSA) is 49.4 Å². The van der Waals surface area contributed by atoms with Crippen molar-refractivity contribution in [1.29, 1.82) is 0 Å². The predicted molar refractivity (Wildman–Crippen MR) is 110 cm³/mol. The molecule has 1 fully saturated rings. The van der Waals surface area contributed by atoms with E-state index in [1.54, 1.807) is 12.1 Å². The van der Waals surface area contributed by atoms with E-state index < -0.39 is 32.5 Å². The molecule has 4 nitrogen and oxygen atoms in total. The summed E-state index contributed by atoms with van der Waals surface area (Å²) in [6, 6.07) is 8.00. The van der Waals surface area contributed by atoms with Gasteiger partial charge in [0.05, 0.1) is 10.5 Å². The molecule has 0 amide bonds. The van der Waals surface area contributed by atoms with Crippen LogP contribution in [0.2, 0.25) is 0 Å². The predicted octanol–water partition coefficient (Wildman–Crippen LogP) is 5.27. The lowest BCUT2D eigenvalue weighted by Crippen LogP contribution is -2.20. The molecule has 0 aliphatic carbocycles. The van der Waals surface area contributed by atoms with Crippen molar-refractivity contribution in [3.8, 4) is 0 Å². The lowest BCUT2D eigenvalue weighted by Gasteiger charge is -2.15. The van der Waals surface area contributed by atoms with Crippen LogP contribution < -0.4 is 4.72 Å². The van der Waals surface area contributed by atoms with E-state index in [0.717, 1.165) is 38.0 Å². The molecule has 2 aromatic rings. The van der Waals surface area contributed by atoms with Gasteiger partial charge in [-0.1, -0.05) is 19.1 Å². The molecule has 1 aliphatic heterocycles. The molecule has 1 heterocycles. The summed E-state index contributed by atoms with van der Waals surface area (Å²) >= 11 is 0. The van der Waals surface area contributed by atoms with Crippen molar-refractivity contribution in [2.24, 2.45) is 0 Å². The molecular weight excluding hydrogens is 444 g/mol. The number of likely N-dealkylation sites (tertiary alicyclic amines) is 1. The zero-order chi connectivity index (χ0) is 21.2. The number of rotatable bonds is 6. The van der Waals surface area contributed by atoms with Gasteiger partial charge in [0, 0.05) is 12.2 Å². The maximum atomic E-state index is 13.5. The van der Waals surface area contributed by atoms with Crippen molar-refractivity contribution < 1.29 is 26.0 Å². The summed E-state index contributed by atoms with van der Waals surface area (Å²) in [5.41, 5.74) is -0.0715. The first kappa shape index (κ1) is 24.4. The van der Waals surface area contributed by atoms with E-state index in [-0.39, 0.29) is 24.2 Å². The van der Waals surface area contributed by atoms with Crippen LogP contribution in [-0.4, -0.2) is 33.0 Å². The number of nitrogens with one attached hydrogen (secondary N) is 1. The van der Waals surface area contributed by atoms with E-state index in [9.17, 15) is 26.0 Å². The Morgan fingerprint density at radius 3 is 2.40 bits per heavy atom. The number of hydrogen-bond donors (Lipinski definition) is 1. The Kier molecular flexibility index (Phi) is 7.76. The first-order valence-corrected chi connectivity index (χ1v) is 10.8. The molecule has 1 aliphatic rings. The fraction of sp³-hybridized carbons (Fsp3) is 0.400. The molecule has 0 saturated carbocycles. The van der Waals surface area contributed by atoms with Gasteiger partial charge in [-0.05, 0) is 67.7 Å². The maximum absolute atomic E-state index is 13.5. The summed E-state index contributed by atoms with van der Waals surface area (Å²) in [6.07, 6.45) is -2.74. The molecule has 1 saturated heterocycles. The Morgan fingerprint density at radius 2 is 1.80 bits per heavy atom. The highest BCUT2D eigenvalue weighted by Crippen LogP contribution is 2.32. The monoisotopic (exact) mass is 466 g/mol. The second-order valence-electron chi connectivity index (χ2n) is 7.19. The van der Waals surface area contributed by atoms with Gasteiger partial charge in [0.1, 0.15) is 5.82 Å². The van der Waals surface area contributed by atoms with E-state index >= 15 is 0 Å². The average Bonchev–Trinajstić information content (AvgIpc) is 3.10. The second-order valence-corrected chi connectivity index (χ2v) is 8.87.